The van der Waals surface area contributed by atoms with Gasteiger partial charge in [0.2, 0.25) is 0 Å². The molecule has 0 aliphatic heterocycles. The van der Waals surface area contributed by atoms with Crippen LogP contribution < -0.4 is 0 Å². The summed E-state index contributed by atoms with van der Waals surface area (Å²) < 4.78 is 2.55. The van der Waals surface area contributed by atoms with Crippen molar-refractivity contribution in [2.24, 2.45) is 0 Å². The van der Waals surface area contributed by atoms with Crippen LogP contribution in [0.3, 0.4) is 0 Å². The highest BCUT2D eigenvalue weighted by atomic mass is 79.9. The Morgan fingerprint density at radius 2 is 1.37 bits per heavy atom. The molecule has 0 nitrogen and oxygen atoms in total. The molecule has 0 aliphatic rings. The fourth-order valence-corrected chi connectivity index (χ4v) is 5.11. The van der Waals surface area contributed by atoms with E-state index in [9.17, 15) is 0 Å². The average Bonchev–Trinajstić information content (AvgIpc) is 2.65. The van der Waals surface area contributed by atoms with E-state index in [4.69, 9.17) is 0 Å². The maximum absolute atomic E-state index is 4.67. The number of unbranched alkanes of at least 4 members (excludes halogenated alkanes) is 6. The largest absolute Gasteiger partial charge is 0.133 e. The summed E-state index contributed by atoms with van der Waals surface area (Å²) in [6.07, 6.45) is 13.1. The van der Waals surface area contributed by atoms with Crippen LogP contribution in [0.4, 0.5) is 0 Å². The molecule has 0 atom stereocenters. The molecular formula is C16H27BrS2. The van der Waals surface area contributed by atoms with Gasteiger partial charge in [-0.1, -0.05) is 52.4 Å². The Kier molecular flexibility index (Phi) is 9.52. The van der Waals surface area contributed by atoms with Gasteiger partial charge >= 0.3 is 0 Å². The summed E-state index contributed by atoms with van der Waals surface area (Å²) in [5.41, 5.74) is 3.07. The molecule has 1 rings (SSSR count). The minimum atomic E-state index is 1.21. The van der Waals surface area contributed by atoms with Crippen molar-refractivity contribution in [2.75, 3.05) is 0 Å². The van der Waals surface area contributed by atoms with E-state index in [2.05, 4.69) is 42.4 Å². The molecule has 0 saturated carbocycles. The molecule has 1 heterocycles. The van der Waals surface area contributed by atoms with Crippen LogP contribution in [0, 0.1) is 0 Å². The monoisotopic (exact) mass is 362 g/mol. The van der Waals surface area contributed by atoms with E-state index in [0.29, 0.717) is 0 Å². The van der Waals surface area contributed by atoms with Gasteiger partial charge in [0.15, 0.2) is 0 Å². The molecule has 0 aromatic carbocycles. The molecule has 0 amide bonds. The Bertz CT molecular complexity index is 325. The molecule has 0 bridgehead atoms. The highest BCUT2D eigenvalue weighted by Gasteiger charge is 2.13. The summed E-state index contributed by atoms with van der Waals surface area (Å²) in [6.45, 7) is 4.54. The van der Waals surface area contributed by atoms with E-state index in [1.54, 1.807) is 16.9 Å². The zero-order valence-corrected chi connectivity index (χ0v) is 15.6. The molecule has 1 aromatic rings. The number of halogens is 1. The number of hydrogen-bond acceptors (Lipinski definition) is 2. The smallest absolute Gasteiger partial charge is 0.0745 e. The number of thiophene rings is 1. The van der Waals surface area contributed by atoms with Gasteiger partial charge < -0.3 is 0 Å². The minimum absolute atomic E-state index is 1.21. The van der Waals surface area contributed by atoms with Gasteiger partial charge in [0.05, 0.1) is 8.00 Å². The van der Waals surface area contributed by atoms with Gasteiger partial charge in [-0.2, -0.15) is 0 Å². The predicted molar refractivity (Wildman–Crippen MR) is 95.0 cm³/mol. The number of thiol groups is 1. The summed E-state index contributed by atoms with van der Waals surface area (Å²) in [7, 11) is 0. The third-order valence-electron chi connectivity index (χ3n) is 3.61. The third-order valence-corrected chi connectivity index (χ3v) is 5.98. The second-order valence-corrected chi connectivity index (χ2v) is 8.35. The lowest BCUT2D eigenvalue weighted by molar-refractivity contribution is 0.649. The van der Waals surface area contributed by atoms with Gasteiger partial charge in [-0.3, -0.25) is 0 Å². The summed E-state index contributed by atoms with van der Waals surface area (Å²) >= 11 is 10.2. The molecule has 0 spiro atoms. The Labute approximate surface area is 136 Å². The highest BCUT2D eigenvalue weighted by molar-refractivity contribution is 9.11. The van der Waals surface area contributed by atoms with Crippen LogP contribution in [0.1, 0.15) is 76.3 Å². The fraction of sp³-hybridized carbons (Fsp3) is 0.750. The Balaban J connectivity index is 2.52. The maximum Gasteiger partial charge on any atom is 0.0745 e. The van der Waals surface area contributed by atoms with Crippen LogP contribution in [0.5, 0.6) is 0 Å². The van der Waals surface area contributed by atoms with Crippen molar-refractivity contribution in [2.45, 2.75) is 82.3 Å². The second-order valence-electron chi connectivity index (χ2n) is 5.26. The van der Waals surface area contributed by atoms with Gasteiger partial charge in [-0.15, -0.1) is 24.0 Å². The fourth-order valence-electron chi connectivity index (χ4n) is 2.42. The first kappa shape index (κ1) is 17.6. The van der Waals surface area contributed by atoms with Crippen LogP contribution in [0.15, 0.2) is 8.00 Å². The quantitative estimate of drug-likeness (QED) is 0.334. The van der Waals surface area contributed by atoms with E-state index >= 15 is 0 Å². The molecule has 0 saturated heterocycles. The third kappa shape index (κ3) is 6.22. The molecule has 0 unspecified atom stereocenters. The van der Waals surface area contributed by atoms with E-state index in [-0.39, 0.29) is 0 Å². The van der Waals surface area contributed by atoms with E-state index < -0.39 is 0 Å². The molecule has 3 heteroatoms. The van der Waals surface area contributed by atoms with Crippen molar-refractivity contribution in [1.82, 2.24) is 0 Å². The lowest BCUT2D eigenvalue weighted by Gasteiger charge is -2.06. The summed E-state index contributed by atoms with van der Waals surface area (Å²) in [6, 6.07) is 0. The first-order valence-corrected chi connectivity index (χ1v) is 9.75. The SMILES string of the molecule is CCCCCCc1c(S)sc(Br)c1CCCCCC. The standard InChI is InChI=1S/C16H27BrS2/c1-3-5-7-9-11-13-14(12-10-8-6-4-2)16(18)19-15(13)17/h18H,3-12H2,1-2H3. The first-order valence-electron chi connectivity index (χ1n) is 7.69. The van der Waals surface area contributed by atoms with Gasteiger partial charge in [-0.25, -0.2) is 0 Å². The van der Waals surface area contributed by atoms with Crippen LogP contribution in [-0.4, -0.2) is 0 Å². The molecule has 110 valence electrons. The van der Waals surface area contributed by atoms with E-state index in [1.807, 2.05) is 0 Å². The van der Waals surface area contributed by atoms with Crippen molar-refractivity contribution in [3.05, 3.63) is 14.9 Å². The Morgan fingerprint density at radius 3 is 1.89 bits per heavy atom. The highest BCUT2D eigenvalue weighted by Crippen LogP contribution is 2.37. The predicted octanol–water partition coefficient (Wildman–Crippen LogP) is 7.04. The normalized spacial score (nSPS) is 11.2. The zero-order chi connectivity index (χ0) is 14.1. The van der Waals surface area contributed by atoms with Crippen LogP contribution >= 0.6 is 39.9 Å². The van der Waals surface area contributed by atoms with Gasteiger partial charge in [-0.05, 0) is 52.7 Å². The zero-order valence-electron chi connectivity index (χ0n) is 12.3. The minimum Gasteiger partial charge on any atom is -0.133 e. The van der Waals surface area contributed by atoms with Crippen LogP contribution in [0.25, 0.3) is 0 Å². The Hall–Kier alpha value is 0.530. The maximum atomic E-state index is 4.67. The lowest BCUT2D eigenvalue weighted by Crippen LogP contribution is -1.93. The lowest BCUT2D eigenvalue weighted by atomic mass is 10.0. The molecular weight excluding hydrogens is 336 g/mol. The molecule has 0 N–H and O–H groups in total. The van der Waals surface area contributed by atoms with Gasteiger partial charge in [0.25, 0.3) is 0 Å². The van der Waals surface area contributed by atoms with Crippen LogP contribution in [0.2, 0.25) is 0 Å². The van der Waals surface area contributed by atoms with Crippen molar-refractivity contribution in [3.63, 3.8) is 0 Å². The summed E-state index contributed by atoms with van der Waals surface area (Å²) in [5.74, 6) is 0. The molecule has 0 radical (unpaired) electrons. The summed E-state index contributed by atoms with van der Waals surface area (Å²) in [4.78, 5) is 0. The van der Waals surface area contributed by atoms with E-state index in [1.165, 1.54) is 77.8 Å². The van der Waals surface area contributed by atoms with Crippen molar-refractivity contribution >= 4 is 39.9 Å². The van der Waals surface area contributed by atoms with Crippen molar-refractivity contribution in [3.8, 4) is 0 Å². The topological polar surface area (TPSA) is 0 Å². The van der Waals surface area contributed by atoms with Gasteiger partial charge in [0.1, 0.15) is 0 Å². The molecule has 0 aliphatic carbocycles. The van der Waals surface area contributed by atoms with Crippen molar-refractivity contribution in [1.29, 1.82) is 0 Å². The molecule has 1 aromatic heterocycles. The van der Waals surface area contributed by atoms with E-state index in [0.717, 1.165) is 0 Å². The molecule has 0 fully saturated rings. The first-order chi connectivity index (χ1) is 9.20. The van der Waals surface area contributed by atoms with Gasteiger partial charge in [0, 0.05) is 0 Å². The number of rotatable bonds is 10. The van der Waals surface area contributed by atoms with Crippen molar-refractivity contribution < 1.29 is 0 Å². The summed E-state index contributed by atoms with van der Waals surface area (Å²) in [5, 5.41) is 0. The molecule has 19 heavy (non-hydrogen) atoms. The second kappa shape index (κ2) is 10.3. The average molecular weight is 363 g/mol. The van der Waals surface area contributed by atoms with Crippen LogP contribution in [-0.2, 0) is 12.8 Å². The Morgan fingerprint density at radius 1 is 0.842 bits per heavy atom. The number of hydrogen-bond donors (Lipinski definition) is 1.